The molecule has 0 saturated carbocycles. The lowest BCUT2D eigenvalue weighted by atomic mass is 10.0. The van der Waals surface area contributed by atoms with Crippen molar-refractivity contribution in [3.63, 3.8) is 0 Å². The summed E-state index contributed by atoms with van der Waals surface area (Å²) in [4.78, 5) is 0. The summed E-state index contributed by atoms with van der Waals surface area (Å²) in [6.07, 6.45) is 2.28. The Morgan fingerprint density at radius 1 is 1.19 bits per heavy atom. The number of aliphatic hydroxyl groups excluding tert-OH is 1. The SMILES string of the molecule is CC(O)C1CCN(S(=O)(=O)N2CCCC2)C1. The zero-order valence-electron chi connectivity index (χ0n) is 9.67. The molecule has 0 aromatic rings. The Morgan fingerprint density at radius 3 is 2.31 bits per heavy atom. The Hall–Kier alpha value is -0.170. The van der Waals surface area contributed by atoms with Gasteiger partial charge in [0.1, 0.15) is 0 Å². The predicted octanol–water partition coefficient (Wildman–Crippen LogP) is 0.0297. The fourth-order valence-electron chi connectivity index (χ4n) is 2.44. The van der Waals surface area contributed by atoms with Crippen LogP contribution < -0.4 is 0 Å². The summed E-state index contributed by atoms with van der Waals surface area (Å²) in [5, 5.41) is 9.47. The van der Waals surface area contributed by atoms with Crippen LogP contribution in [0.2, 0.25) is 0 Å². The van der Waals surface area contributed by atoms with Gasteiger partial charge in [-0.15, -0.1) is 0 Å². The molecule has 6 heteroatoms. The van der Waals surface area contributed by atoms with Crippen molar-refractivity contribution < 1.29 is 13.5 Å². The summed E-state index contributed by atoms with van der Waals surface area (Å²) in [6, 6.07) is 0. The maximum Gasteiger partial charge on any atom is 0.281 e. The molecule has 0 spiro atoms. The van der Waals surface area contributed by atoms with E-state index >= 15 is 0 Å². The average Bonchev–Trinajstić information content (AvgIpc) is 2.90. The van der Waals surface area contributed by atoms with Crippen molar-refractivity contribution >= 4 is 10.2 Å². The Kier molecular flexibility index (Phi) is 3.53. The quantitative estimate of drug-likeness (QED) is 0.766. The number of hydrogen-bond acceptors (Lipinski definition) is 3. The molecule has 2 unspecified atom stereocenters. The lowest BCUT2D eigenvalue weighted by Crippen LogP contribution is -2.41. The van der Waals surface area contributed by atoms with Crippen LogP contribution in [-0.4, -0.2) is 54.4 Å². The predicted molar refractivity (Wildman–Crippen MR) is 61.1 cm³/mol. The van der Waals surface area contributed by atoms with Gasteiger partial charge in [-0.05, 0) is 32.1 Å². The summed E-state index contributed by atoms with van der Waals surface area (Å²) in [7, 11) is -3.25. The van der Waals surface area contributed by atoms with Crippen LogP contribution in [-0.2, 0) is 10.2 Å². The van der Waals surface area contributed by atoms with Crippen LogP contribution in [0.15, 0.2) is 0 Å². The fraction of sp³-hybridized carbons (Fsp3) is 1.00. The van der Waals surface area contributed by atoms with E-state index in [1.807, 2.05) is 0 Å². The van der Waals surface area contributed by atoms with Crippen LogP contribution in [0.4, 0.5) is 0 Å². The van der Waals surface area contributed by atoms with Gasteiger partial charge in [0.15, 0.2) is 0 Å². The van der Waals surface area contributed by atoms with E-state index in [4.69, 9.17) is 0 Å². The van der Waals surface area contributed by atoms with Crippen molar-refractivity contribution in [3.05, 3.63) is 0 Å². The monoisotopic (exact) mass is 248 g/mol. The van der Waals surface area contributed by atoms with Crippen molar-refractivity contribution in [2.24, 2.45) is 5.92 Å². The van der Waals surface area contributed by atoms with Gasteiger partial charge >= 0.3 is 0 Å². The molecule has 2 aliphatic heterocycles. The first-order valence-corrected chi connectivity index (χ1v) is 7.35. The molecular formula is C10H20N2O3S. The van der Waals surface area contributed by atoms with E-state index in [9.17, 15) is 13.5 Å². The van der Waals surface area contributed by atoms with Crippen LogP contribution in [0.5, 0.6) is 0 Å². The van der Waals surface area contributed by atoms with Crippen LogP contribution >= 0.6 is 0 Å². The van der Waals surface area contributed by atoms with E-state index in [0.29, 0.717) is 26.2 Å². The fourth-order valence-corrected chi connectivity index (χ4v) is 4.20. The summed E-state index contributed by atoms with van der Waals surface area (Å²) in [6.45, 7) is 4.05. The molecule has 0 aromatic carbocycles. The number of aliphatic hydroxyl groups is 1. The highest BCUT2D eigenvalue weighted by atomic mass is 32.2. The molecule has 2 aliphatic rings. The normalized spacial score (nSPS) is 31.0. The second-order valence-electron chi connectivity index (χ2n) is 4.76. The second kappa shape index (κ2) is 4.60. The Bertz CT molecular complexity index is 336. The van der Waals surface area contributed by atoms with Gasteiger partial charge in [-0.3, -0.25) is 0 Å². The zero-order valence-corrected chi connectivity index (χ0v) is 10.5. The highest BCUT2D eigenvalue weighted by Crippen LogP contribution is 2.25. The maximum atomic E-state index is 12.2. The first-order chi connectivity index (χ1) is 7.51. The summed E-state index contributed by atoms with van der Waals surface area (Å²) in [5.74, 6) is 0.0948. The van der Waals surface area contributed by atoms with Gasteiger partial charge in [0.25, 0.3) is 10.2 Å². The highest BCUT2D eigenvalue weighted by molar-refractivity contribution is 7.86. The molecule has 1 N–H and O–H groups in total. The van der Waals surface area contributed by atoms with E-state index in [-0.39, 0.29) is 5.92 Å². The first-order valence-electron chi connectivity index (χ1n) is 5.95. The Labute approximate surface area is 97.2 Å². The molecule has 94 valence electrons. The van der Waals surface area contributed by atoms with Crippen LogP contribution in [0.25, 0.3) is 0 Å². The van der Waals surface area contributed by atoms with Gasteiger partial charge < -0.3 is 5.11 Å². The van der Waals surface area contributed by atoms with E-state index < -0.39 is 16.3 Å². The summed E-state index contributed by atoms with van der Waals surface area (Å²) >= 11 is 0. The average molecular weight is 248 g/mol. The number of nitrogens with zero attached hydrogens (tertiary/aromatic N) is 2. The Balaban J connectivity index is 2.02. The van der Waals surface area contributed by atoms with E-state index in [0.717, 1.165) is 19.3 Å². The van der Waals surface area contributed by atoms with Gasteiger partial charge in [0.05, 0.1) is 6.10 Å². The van der Waals surface area contributed by atoms with E-state index in [1.165, 1.54) is 4.31 Å². The van der Waals surface area contributed by atoms with E-state index in [1.54, 1.807) is 11.2 Å². The molecule has 2 rings (SSSR count). The summed E-state index contributed by atoms with van der Waals surface area (Å²) in [5.41, 5.74) is 0. The lowest BCUT2D eigenvalue weighted by Gasteiger charge is -2.23. The molecule has 0 bridgehead atoms. The van der Waals surface area contributed by atoms with Crippen molar-refractivity contribution in [2.75, 3.05) is 26.2 Å². The Morgan fingerprint density at radius 2 is 1.81 bits per heavy atom. The first kappa shape index (κ1) is 12.3. The van der Waals surface area contributed by atoms with E-state index in [2.05, 4.69) is 0 Å². The molecule has 0 amide bonds. The van der Waals surface area contributed by atoms with Crippen LogP contribution in [0.3, 0.4) is 0 Å². The van der Waals surface area contributed by atoms with Gasteiger partial charge in [0.2, 0.25) is 0 Å². The minimum absolute atomic E-state index is 0.0948. The third-order valence-corrected chi connectivity index (χ3v) is 5.59. The molecule has 2 fully saturated rings. The van der Waals surface area contributed by atoms with Gasteiger partial charge in [-0.2, -0.15) is 17.0 Å². The van der Waals surface area contributed by atoms with Gasteiger partial charge in [0, 0.05) is 26.2 Å². The largest absolute Gasteiger partial charge is 0.393 e. The topological polar surface area (TPSA) is 60.9 Å². The van der Waals surface area contributed by atoms with Crippen molar-refractivity contribution in [1.29, 1.82) is 0 Å². The number of hydrogen-bond donors (Lipinski definition) is 1. The minimum Gasteiger partial charge on any atom is -0.393 e. The molecule has 5 nitrogen and oxygen atoms in total. The molecule has 2 atom stereocenters. The molecule has 2 saturated heterocycles. The zero-order chi connectivity index (χ0) is 11.8. The minimum atomic E-state index is -3.25. The standard InChI is InChI=1S/C10H20N2O3S/c1-9(13)10-4-7-12(8-10)16(14,15)11-5-2-3-6-11/h9-10,13H,2-8H2,1H3. The van der Waals surface area contributed by atoms with Crippen molar-refractivity contribution in [3.8, 4) is 0 Å². The maximum absolute atomic E-state index is 12.2. The van der Waals surface area contributed by atoms with Gasteiger partial charge in [-0.25, -0.2) is 0 Å². The second-order valence-corrected chi connectivity index (χ2v) is 6.69. The lowest BCUT2D eigenvalue weighted by molar-refractivity contribution is 0.132. The number of rotatable bonds is 3. The third-order valence-electron chi connectivity index (χ3n) is 3.59. The molecule has 0 aliphatic carbocycles. The van der Waals surface area contributed by atoms with Gasteiger partial charge in [-0.1, -0.05) is 0 Å². The molecule has 0 radical (unpaired) electrons. The third kappa shape index (κ3) is 2.25. The molecule has 2 heterocycles. The molecular weight excluding hydrogens is 228 g/mol. The highest BCUT2D eigenvalue weighted by Gasteiger charge is 2.37. The van der Waals surface area contributed by atoms with Crippen LogP contribution in [0.1, 0.15) is 26.2 Å². The van der Waals surface area contributed by atoms with Crippen molar-refractivity contribution in [2.45, 2.75) is 32.3 Å². The van der Waals surface area contributed by atoms with Crippen LogP contribution in [0, 0.1) is 5.92 Å². The molecule has 16 heavy (non-hydrogen) atoms. The smallest absolute Gasteiger partial charge is 0.281 e. The van der Waals surface area contributed by atoms with Crippen molar-refractivity contribution in [1.82, 2.24) is 8.61 Å². The molecule has 0 aromatic heterocycles. The summed E-state index contributed by atoms with van der Waals surface area (Å²) < 4.78 is 27.4.